The van der Waals surface area contributed by atoms with Crippen LogP contribution >= 0.6 is 11.6 Å². The van der Waals surface area contributed by atoms with E-state index in [2.05, 4.69) is 5.32 Å². The highest BCUT2D eigenvalue weighted by Crippen LogP contribution is 2.34. The van der Waals surface area contributed by atoms with Gasteiger partial charge in [0.25, 0.3) is 5.91 Å². The topological polar surface area (TPSA) is 75.4 Å². The Bertz CT molecular complexity index is 1120. The van der Waals surface area contributed by atoms with Gasteiger partial charge in [0.1, 0.15) is 5.82 Å². The molecule has 0 saturated heterocycles. The van der Waals surface area contributed by atoms with Gasteiger partial charge in [-0.25, -0.2) is 9.18 Å². The van der Waals surface area contributed by atoms with Gasteiger partial charge in [-0.1, -0.05) is 35.9 Å². The first kappa shape index (κ1) is 18.0. The lowest BCUT2D eigenvalue weighted by atomic mass is 9.96. The van der Waals surface area contributed by atoms with Gasteiger partial charge in [0, 0.05) is 17.1 Å². The third-order valence-electron chi connectivity index (χ3n) is 4.63. The summed E-state index contributed by atoms with van der Waals surface area (Å²) in [5, 5.41) is 3.17. The lowest BCUT2D eigenvalue weighted by molar-refractivity contribution is 0.0965. The van der Waals surface area contributed by atoms with E-state index in [0.29, 0.717) is 28.4 Å². The summed E-state index contributed by atoms with van der Waals surface area (Å²) in [6.45, 7) is 0.392. The second kappa shape index (κ2) is 6.98. The highest BCUT2D eigenvalue weighted by atomic mass is 35.5. The third-order valence-corrected chi connectivity index (χ3v) is 4.87. The van der Waals surface area contributed by atoms with Crippen molar-refractivity contribution in [3.05, 3.63) is 82.6 Å². The number of fused-ring (bicyclic) bond motifs is 1. The Morgan fingerprint density at radius 2 is 1.82 bits per heavy atom. The standard InChI is InChI=1S/C21H15ClFN3O2/c22-13-3-1-4-14(10-13)26(21(24)28)19-8-7-12(9-18(19)23)15-5-2-6-16-17(15)11-25-20(16)27/h1-10H,11H2,(H2,24,28)(H,25,27). The Kier molecular flexibility index (Phi) is 4.49. The number of nitrogens with one attached hydrogen (secondary N) is 1. The van der Waals surface area contributed by atoms with E-state index in [1.807, 2.05) is 6.07 Å². The molecule has 0 atom stereocenters. The lowest BCUT2D eigenvalue weighted by Gasteiger charge is -2.22. The number of hydrogen-bond donors (Lipinski definition) is 2. The number of anilines is 2. The zero-order valence-corrected chi connectivity index (χ0v) is 15.3. The summed E-state index contributed by atoms with van der Waals surface area (Å²) < 4.78 is 15.0. The summed E-state index contributed by atoms with van der Waals surface area (Å²) in [5.74, 6) is -0.763. The van der Waals surface area contributed by atoms with Crippen LogP contribution in [0.2, 0.25) is 5.02 Å². The van der Waals surface area contributed by atoms with Crippen molar-refractivity contribution in [2.75, 3.05) is 4.90 Å². The van der Waals surface area contributed by atoms with Crippen LogP contribution in [-0.2, 0) is 6.54 Å². The molecule has 0 aliphatic carbocycles. The molecule has 140 valence electrons. The third kappa shape index (κ3) is 3.08. The first-order valence-corrected chi connectivity index (χ1v) is 8.88. The SMILES string of the molecule is NC(=O)N(c1cccc(Cl)c1)c1ccc(-c2cccc3c2CNC3=O)cc1F. The van der Waals surface area contributed by atoms with Crippen molar-refractivity contribution in [3.8, 4) is 11.1 Å². The molecule has 3 aromatic carbocycles. The molecule has 0 saturated carbocycles. The number of nitrogens with two attached hydrogens (primary N) is 1. The van der Waals surface area contributed by atoms with Crippen molar-refractivity contribution in [2.45, 2.75) is 6.54 Å². The van der Waals surface area contributed by atoms with E-state index in [1.165, 1.54) is 18.2 Å². The second-order valence-electron chi connectivity index (χ2n) is 6.33. The van der Waals surface area contributed by atoms with Gasteiger partial charge in [0.2, 0.25) is 0 Å². The summed E-state index contributed by atoms with van der Waals surface area (Å²) >= 11 is 5.99. The lowest BCUT2D eigenvalue weighted by Crippen LogP contribution is -2.32. The maximum absolute atomic E-state index is 15.0. The average Bonchev–Trinajstić information content (AvgIpc) is 3.04. The van der Waals surface area contributed by atoms with Gasteiger partial charge in [-0.15, -0.1) is 0 Å². The normalized spacial score (nSPS) is 12.4. The largest absolute Gasteiger partial charge is 0.351 e. The molecule has 0 bridgehead atoms. The van der Waals surface area contributed by atoms with E-state index >= 15 is 0 Å². The number of primary amides is 1. The summed E-state index contributed by atoms with van der Waals surface area (Å²) in [4.78, 5) is 24.9. The van der Waals surface area contributed by atoms with Crippen molar-refractivity contribution in [1.82, 2.24) is 5.32 Å². The molecule has 0 unspecified atom stereocenters. The van der Waals surface area contributed by atoms with Crippen LogP contribution < -0.4 is 16.0 Å². The molecule has 3 aromatic rings. The molecule has 0 fully saturated rings. The number of benzene rings is 3. The van der Waals surface area contributed by atoms with Crippen molar-refractivity contribution in [3.63, 3.8) is 0 Å². The monoisotopic (exact) mass is 395 g/mol. The molecule has 1 heterocycles. The number of carbonyl (C=O) groups is 2. The molecule has 3 amide bonds. The zero-order valence-electron chi connectivity index (χ0n) is 14.6. The number of nitrogens with zero attached hydrogens (tertiary/aromatic N) is 1. The zero-order chi connectivity index (χ0) is 19.8. The minimum atomic E-state index is -0.829. The Morgan fingerprint density at radius 3 is 2.54 bits per heavy atom. The minimum Gasteiger partial charge on any atom is -0.351 e. The van der Waals surface area contributed by atoms with Crippen molar-refractivity contribution < 1.29 is 14.0 Å². The molecule has 0 radical (unpaired) electrons. The molecule has 7 heteroatoms. The quantitative estimate of drug-likeness (QED) is 0.679. The van der Waals surface area contributed by atoms with Crippen LogP contribution in [0.25, 0.3) is 11.1 Å². The maximum Gasteiger partial charge on any atom is 0.323 e. The summed E-state index contributed by atoms with van der Waals surface area (Å²) in [7, 11) is 0. The second-order valence-corrected chi connectivity index (χ2v) is 6.77. The van der Waals surface area contributed by atoms with Gasteiger partial charge in [-0.05, 0) is 53.1 Å². The highest BCUT2D eigenvalue weighted by Gasteiger charge is 2.23. The molecule has 0 spiro atoms. The minimum absolute atomic E-state index is 0.0142. The van der Waals surface area contributed by atoms with Gasteiger partial charge >= 0.3 is 6.03 Å². The van der Waals surface area contributed by atoms with Crippen LogP contribution in [0.15, 0.2) is 60.7 Å². The molecule has 28 heavy (non-hydrogen) atoms. The molecule has 0 aromatic heterocycles. The number of rotatable bonds is 3. The van der Waals surface area contributed by atoms with Crippen molar-refractivity contribution >= 4 is 34.9 Å². The van der Waals surface area contributed by atoms with E-state index in [0.717, 1.165) is 16.0 Å². The molecular formula is C21H15ClFN3O2. The fourth-order valence-corrected chi connectivity index (χ4v) is 3.56. The van der Waals surface area contributed by atoms with Gasteiger partial charge < -0.3 is 11.1 Å². The van der Waals surface area contributed by atoms with E-state index < -0.39 is 11.8 Å². The molecule has 4 rings (SSSR count). The smallest absolute Gasteiger partial charge is 0.323 e. The Balaban J connectivity index is 1.78. The number of carbonyl (C=O) groups excluding carboxylic acids is 2. The van der Waals surface area contributed by atoms with Crippen LogP contribution in [0.5, 0.6) is 0 Å². The molecule has 5 nitrogen and oxygen atoms in total. The van der Waals surface area contributed by atoms with Gasteiger partial charge in [-0.3, -0.25) is 9.69 Å². The molecule has 1 aliphatic rings. The highest BCUT2D eigenvalue weighted by molar-refractivity contribution is 6.31. The van der Waals surface area contributed by atoms with Crippen LogP contribution in [0.1, 0.15) is 15.9 Å². The number of halogens is 2. The van der Waals surface area contributed by atoms with Gasteiger partial charge in [0.15, 0.2) is 0 Å². The van der Waals surface area contributed by atoms with E-state index in [9.17, 15) is 14.0 Å². The molecule has 3 N–H and O–H groups in total. The number of hydrogen-bond acceptors (Lipinski definition) is 2. The van der Waals surface area contributed by atoms with Crippen LogP contribution in [0, 0.1) is 5.82 Å². The predicted octanol–water partition coefficient (Wildman–Crippen LogP) is 4.61. The van der Waals surface area contributed by atoms with Crippen LogP contribution in [0.4, 0.5) is 20.6 Å². The Morgan fingerprint density at radius 1 is 1.07 bits per heavy atom. The summed E-state index contributed by atoms with van der Waals surface area (Å²) in [6, 6.07) is 15.4. The summed E-state index contributed by atoms with van der Waals surface area (Å²) in [6.07, 6.45) is 0. The summed E-state index contributed by atoms with van der Waals surface area (Å²) in [5.41, 5.74) is 8.63. The molecule has 1 aliphatic heterocycles. The van der Waals surface area contributed by atoms with Crippen LogP contribution in [0.3, 0.4) is 0 Å². The van der Waals surface area contributed by atoms with Crippen molar-refractivity contribution in [2.24, 2.45) is 5.73 Å². The number of amides is 3. The van der Waals surface area contributed by atoms with Crippen molar-refractivity contribution in [1.29, 1.82) is 0 Å². The van der Waals surface area contributed by atoms with E-state index in [4.69, 9.17) is 17.3 Å². The Hall–Kier alpha value is -3.38. The average molecular weight is 396 g/mol. The fourth-order valence-electron chi connectivity index (χ4n) is 3.38. The van der Waals surface area contributed by atoms with Crippen LogP contribution in [-0.4, -0.2) is 11.9 Å². The first-order valence-electron chi connectivity index (χ1n) is 8.51. The molecular weight excluding hydrogens is 381 g/mol. The van der Waals surface area contributed by atoms with Gasteiger partial charge in [-0.2, -0.15) is 0 Å². The van der Waals surface area contributed by atoms with E-state index in [-0.39, 0.29) is 11.6 Å². The fraction of sp³-hybridized carbons (Fsp3) is 0.0476. The number of urea groups is 1. The first-order chi connectivity index (χ1) is 13.5. The Labute approximate surface area is 165 Å². The van der Waals surface area contributed by atoms with Gasteiger partial charge in [0.05, 0.1) is 11.4 Å². The predicted molar refractivity (Wildman–Crippen MR) is 106 cm³/mol. The maximum atomic E-state index is 15.0. The van der Waals surface area contributed by atoms with E-state index in [1.54, 1.807) is 36.4 Å².